The third-order valence-corrected chi connectivity index (χ3v) is 2.79. The van der Waals surface area contributed by atoms with E-state index in [1.165, 1.54) is 32.1 Å². The number of rotatable bonds is 1. The first kappa shape index (κ1) is 7.84. The van der Waals surface area contributed by atoms with Crippen LogP contribution in [0.3, 0.4) is 0 Å². The zero-order valence-corrected chi connectivity index (χ0v) is 7.16. The van der Waals surface area contributed by atoms with Gasteiger partial charge in [-0.3, -0.25) is 0 Å². The highest BCUT2D eigenvalue weighted by Crippen LogP contribution is 2.30. The number of carbonyl (C=O) groups is 1. The fourth-order valence-corrected chi connectivity index (χ4v) is 2.10. The predicted molar refractivity (Wildman–Crippen MR) is 45.6 cm³/mol. The Bertz CT molecular complexity index is 202. The third kappa shape index (κ3) is 1.52. The molecule has 0 saturated heterocycles. The number of cyclic esters (lactones) is 1. The average molecular weight is 166 g/mol. The van der Waals surface area contributed by atoms with E-state index in [4.69, 9.17) is 4.74 Å². The summed E-state index contributed by atoms with van der Waals surface area (Å²) in [4.78, 5) is 10.8. The van der Waals surface area contributed by atoms with E-state index in [1.807, 2.05) is 6.08 Å². The zero-order valence-electron chi connectivity index (χ0n) is 7.16. The standard InChI is InChI=1S/C10H14O2/c11-10-7-6-9(12-10)8-4-2-1-3-5-8/h6-9H,1-5H2/t9-/m0/s1. The van der Waals surface area contributed by atoms with E-state index in [0.717, 1.165) is 0 Å². The maximum Gasteiger partial charge on any atom is 0.331 e. The summed E-state index contributed by atoms with van der Waals surface area (Å²) in [5.41, 5.74) is 0. The van der Waals surface area contributed by atoms with Crippen molar-refractivity contribution in [1.82, 2.24) is 0 Å². The van der Waals surface area contributed by atoms with Gasteiger partial charge in [0.25, 0.3) is 0 Å². The van der Waals surface area contributed by atoms with Crippen LogP contribution in [0.2, 0.25) is 0 Å². The molecule has 1 aliphatic heterocycles. The molecule has 0 aromatic rings. The lowest BCUT2D eigenvalue weighted by Gasteiger charge is -2.25. The summed E-state index contributed by atoms with van der Waals surface area (Å²) >= 11 is 0. The Balaban J connectivity index is 1.91. The molecule has 1 heterocycles. The first-order chi connectivity index (χ1) is 5.86. The monoisotopic (exact) mass is 166 g/mol. The van der Waals surface area contributed by atoms with Crippen LogP contribution < -0.4 is 0 Å². The molecule has 1 saturated carbocycles. The van der Waals surface area contributed by atoms with Gasteiger partial charge in [-0.1, -0.05) is 19.3 Å². The lowest BCUT2D eigenvalue weighted by Crippen LogP contribution is -2.22. The summed E-state index contributed by atoms with van der Waals surface area (Å²) in [7, 11) is 0. The van der Waals surface area contributed by atoms with Crippen molar-refractivity contribution in [2.75, 3.05) is 0 Å². The Hall–Kier alpha value is -0.790. The van der Waals surface area contributed by atoms with Crippen molar-refractivity contribution in [2.45, 2.75) is 38.2 Å². The number of esters is 1. The highest BCUT2D eigenvalue weighted by molar-refractivity contribution is 5.84. The Morgan fingerprint density at radius 2 is 2.00 bits per heavy atom. The first-order valence-electron chi connectivity index (χ1n) is 4.75. The van der Waals surface area contributed by atoms with Gasteiger partial charge in [-0.25, -0.2) is 4.79 Å². The number of hydrogen-bond acceptors (Lipinski definition) is 2. The van der Waals surface area contributed by atoms with Gasteiger partial charge in [0.1, 0.15) is 6.10 Å². The Morgan fingerprint density at radius 1 is 1.25 bits per heavy atom. The maximum absolute atomic E-state index is 10.8. The Morgan fingerprint density at radius 3 is 2.58 bits per heavy atom. The van der Waals surface area contributed by atoms with Gasteiger partial charge in [0.15, 0.2) is 0 Å². The zero-order chi connectivity index (χ0) is 8.39. The van der Waals surface area contributed by atoms with Gasteiger partial charge < -0.3 is 4.74 Å². The summed E-state index contributed by atoms with van der Waals surface area (Å²) in [6.45, 7) is 0. The molecular formula is C10H14O2. The van der Waals surface area contributed by atoms with Crippen LogP contribution in [0.15, 0.2) is 12.2 Å². The maximum atomic E-state index is 10.8. The van der Waals surface area contributed by atoms with Crippen LogP contribution in [0.1, 0.15) is 32.1 Å². The van der Waals surface area contributed by atoms with E-state index >= 15 is 0 Å². The molecule has 2 aliphatic rings. The van der Waals surface area contributed by atoms with Gasteiger partial charge in [-0.05, 0) is 24.8 Å². The van der Waals surface area contributed by atoms with Crippen molar-refractivity contribution in [3.05, 3.63) is 12.2 Å². The fourth-order valence-electron chi connectivity index (χ4n) is 2.10. The van der Waals surface area contributed by atoms with E-state index in [-0.39, 0.29) is 12.1 Å². The minimum absolute atomic E-state index is 0.0952. The summed E-state index contributed by atoms with van der Waals surface area (Å²) in [5.74, 6) is 0.437. The molecule has 0 aromatic heterocycles. The normalized spacial score (nSPS) is 30.7. The molecule has 1 fully saturated rings. The highest BCUT2D eigenvalue weighted by atomic mass is 16.5. The summed E-state index contributed by atoms with van der Waals surface area (Å²) in [5, 5.41) is 0. The molecule has 0 bridgehead atoms. The second kappa shape index (κ2) is 3.30. The smallest absolute Gasteiger partial charge is 0.331 e. The molecule has 66 valence electrons. The molecule has 12 heavy (non-hydrogen) atoms. The van der Waals surface area contributed by atoms with Gasteiger partial charge in [0.05, 0.1) is 0 Å². The van der Waals surface area contributed by atoms with Crippen LogP contribution >= 0.6 is 0 Å². The fraction of sp³-hybridized carbons (Fsp3) is 0.700. The van der Waals surface area contributed by atoms with Crippen LogP contribution in [-0.2, 0) is 9.53 Å². The largest absolute Gasteiger partial charge is 0.455 e. The van der Waals surface area contributed by atoms with Crippen molar-refractivity contribution in [3.8, 4) is 0 Å². The van der Waals surface area contributed by atoms with E-state index in [9.17, 15) is 4.79 Å². The Kier molecular flexibility index (Phi) is 2.15. The molecule has 0 N–H and O–H groups in total. The van der Waals surface area contributed by atoms with E-state index in [1.54, 1.807) is 6.08 Å². The molecule has 1 aliphatic carbocycles. The molecule has 2 nitrogen and oxygen atoms in total. The topological polar surface area (TPSA) is 26.3 Å². The van der Waals surface area contributed by atoms with E-state index in [2.05, 4.69) is 0 Å². The van der Waals surface area contributed by atoms with Crippen LogP contribution in [-0.4, -0.2) is 12.1 Å². The minimum atomic E-state index is -0.162. The molecule has 0 amide bonds. The molecule has 0 unspecified atom stereocenters. The average Bonchev–Trinajstić information content (AvgIpc) is 2.54. The molecule has 2 rings (SSSR count). The van der Waals surface area contributed by atoms with Gasteiger partial charge in [-0.15, -0.1) is 0 Å². The highest BCUT2D eigenvalue weighted by Gasteiger charge is 2.27. The van der Waals surface area contributed by atoms with Crippen molar-refractivity contribution < 1.29 is 9.53 Å². The lowest BCUT2D eigenvalue weighted by atomic mass is 9.85. The lowest BCUT2D eigenvalue weighted by molar-refractivity contribution is -0.140. The molecule has 2 heteroatoms. The van der Waals surface area contributed by atoms with E-state index in [0.29, 0.717) is 5.92 Å². The molecular weight excluding hydrogens is 152 g/mol. The summed E-state index contributed by atoms with van der Waals surface area (Å²) < 4.78 is 5.15. The molecule has 0 spiro atoms. The van der Waals surface area contributed by atoms with Crippen molar-refractivity contribution in [1.29, 1.82) is 0 Å². The SMILES string of the molecule is O=C1C=C[C@@H](C2CCCCC2)O1. The predicted octanol–water partition coefficient (Wildman–Crippen LogP) is 2.05. The van der Waals surface area contributed by atoms with Crippen LogP contribution in [0, 0.1) is 5.92 Å². The summed E-state index contributed by atoms with van der Waals surface area (Å²) in [6, 6.07) is 0. The number of carbonyl (C=O) groups excluding carboxylic acids is 1. The Labute approximate surface area is 72.6 Å². The van der Waals surface area contributed by atoms with Gasteiger partial charge in [0, 0.05) is 6.08 Å². The van der Waals surface area contributed by atoms with Crippen molar-refractivity contribution in [2.24, 2.45) is 5.92 Å². The second-order valence-corrected chi connectivity index (χ2v) is 3.66. The van der Waals surface area contributed by atoms with Crippen LogP contribution in [0.5, 0.6) is 0 Å². The van der Waals surface area contributed by atoms with Crippen molar-refractivity contribution in [3.63, 3.8) is 0 Å². The van der Waals surface area contributed by atoms with Gasteiger partial charge in [0.2, 0.25) is 0 Å². The molecule has 0 aromatic carbocycles. The first-order valence-corrected chi connectivity index (χ1v) is 4.75. The third-order valence-electron chi connectivity index (χ3n) is 2.79. The van der Waals surface area contributed by atoms with Crippen molar-refractivity contribution >= 4 is 5.97 Å². The quantitative estimate of drug-likeness (QED) is 0.557. The summed E-state index contributed by atoms with van der Waals surface area (Å²) in [6.07, 6.45) is 9.96. The van der Waals surface area contributed by atoms with Crippen LogP contribution in [0.25, 0.3) is 0 Å². The van der Waals surface area contributed by atoms with Gasteiger partial charge in [-0.2, -0.15) is 0 Å². The second-order valence-electron chi connectivity index (χ2n) is 3.66. The molecule has 0 radical (unpaired) electrons. The minimum Gasteiger partial charge on any atom is -0.455 e. The molecule has 1 atom stereocenters. The van der Waals surface area contributed by atoms with Crippen LogP contribution in [0.4, 0.5) is 0 Å². The number of ether oxygens (including phenoxy) is 1. The van der Waals surface area contributed by atoms with Gasteiger partial charge >= 0.3 is 5.97 Å². The number of hydrogen-bond donors (Lipinski definition) is 0. The van der Waals surface area contributed by atoms with E-state index < -0.39 is 0 Å².